The minimum Gasteiger partial charge on any atom is -0.343 e. The predicted octanol–water partition coefficient (Wildman–Crippen LogP) is 0.281. The zero-order chi connectivity index (χ0) is 33.6. The number of nitrogens with one attached hydrogen (secondary N) is 2. The number of nitrogens with zero attached hydrogens (tertiary/aromatic N) is 2. The number of rotatable bonds is 11. The molecule has 1 saturated heterocycles. The molecule has 0 bridgehead atoms. The first-order valence-electron chi connectivity index (χ1n) is 14.8. The van der Waals surface area contributed by atoms with Crippen molar-refractivity contribution in [3.63, 3.8) is 0 Å². The van der Waals surface area contributed by atoms with E-state index in [0.717, 1.165) is 4.90 Å². The summed E-state index contributed by atoms with van der Waals surface area (Å²) in [4.78, 5) is 104. The monoisotopic (exact) mass is 627 g/mol. The van der Waals surface area contributed by atoms with Crippen LogP contribution < -0.4 is 21.3 Å². The van der Waals surface area contributed by atoms with Crippen LogP contribution in [-0.4, -0.2) is 95.8 Å². The summed E-state index contributed by atoms with van der Waals surface area (Å²) in [6.07, 6.45) is 0.517. The largest absolute Gasteiger partial charge is 0.343 e. The molecule has 1 heterocycles. The number of benzene rings is 1. The second kappa shape index (κ2) is 15.0. The fourth-order valence-corrected chi connectivity index (χ4v) is 5.30. The lowest BCUT2D eigenvalue weighted by Gasteiger charge is -2.31. The van der Waals surface area contributed by atoms with Crippen LogP contribution >= 0.6 is 0 Å². The molecule has 45 heavy (non-hydrogen) atoms. The number of carbonyl (C=O) groups is 7. The van der Waals surface area contributed by atoms with Crippen LogP contribution in [0.15, 0.2) is 29.8 Å². The fourth-order valence-electron chi connectivity index (χ4n) is 5.30. The summed E-state index contributed by atoms with van der Waals surface area (Å²) in [6, 6.07) is 2.36. The van der Waals surface area contributed by atoms with E-state index < -0.39 is 76.8 Å². The highest BCUT2D eigenvalue weighted by molar-refractivity contribution is 6.40. The second-order valence-electron chi connectivity index (χ2n) is 11.5. The third kappa shape index (κ3) is 7.81. The molecule has 0 saturated carbocycles. The SMILES string of the molecule is COOc1ccccc1C1=C(C(=O)N(C)C(=O)[C@@H](NC(=O)[C@@H]2CCCN2C(=O)[C@H](C)NC(=O)[C@H](C)N)C(C)C)C(=O)CCC1=O. The molecule has 1 aromatic carbocycles. The second-order valence-corrected chi connectivity index (χ2v) is 11.5. The Morgan fingerprint density at radius 2 is 1.64 bits per heavy atom. The number of hydrogen-bond acceptors (Lipinski definition) is 10. The molecule has 0 unspecified atom stereocenters. The average molecular weight is 628 g/mol. The molecule has 1 aliphatic heterocycles. The number of imide groups is 1. The highest BCUT2D eigenvalue weighted by Crippen LogP contribution is 2.34. The van der Waals surface area contributed by atoms with E-state index in [1.807, 2.05) is 0 Å². The lowest BCUT2D eigenvalue weighted by Crippen LogP contribution is -2.58. The summed E-state index contributed by atoms with van der Waals surface area (Å²) < 4.78 is 0. The molecule has 14 nitrogen and oxygen atoms in total. The number of Topliss-reactive ketones (excluding diaryl/α,β-unsaturated/α-hetero) is 2. The van der Waals surface area contributed by atoms with Crippen molar-refractivity contribution in [3.05, 3.63) is 35.4 Å². The molecule has 2 aliphatic rings. The van der Waals surface area contributed by atoms with Crippen LogP contribution in [0.5, 0.6) is 5.75 Å². The normalized spacial score (nSPS) is 18.8. The Hall–Kier alpha value is -4.43. The molecule has 5 amide bonds. The third-order valence-corrected chi connectivity index (χ3v) is 7.78. The van der Waals surface area contributed by atoms with E-state index in [9.17, 15) is 33.6 Å². The van der Waals surface area contributed by atoms with Crippen LogP contribution in [0.3, 0.4) is 0 Å². The zero-order valence-electron chi connectivity index (χ0n) is 26.4. The van der Waals surface area contributed by atoms with E-state index in [4.69, 9.17) is 15.5 Å². The molecule has 1 aromatic rings. The molecule has 3 rings (SSSR count). The summed E-state index contributed by atoms with van der Waals surface area (Å²) in [5, 5.41) is 5.21. The van der Waals surface area contributed by atoms with Gasteiger partial charge in [-0.1, -0.05) is 32.0 Å². The van der Waals surface area contributed by atoms with Crippen LogP contribution in [0.25, 0.3) is 5.57 Å². The van der Waals surface area contributed by atoms with E-state index in [1.165, 1.54) is 45.0 Å². The van der Waals surface area contributed by atoms with Crippen LogP contribution in [0.2, 0.25) is 0 Å². The standard InChI is InChI=1S/C31H41N5O9/c1-16(2)26(34-28(40)20-11-9-15-36(20)29(41)18(4)33-27(39)17(3)32)31(43)35(5)30(42)25-22(38)14-13-21(37)24(25)19-10-7-8-12-23(19)45-44-6/h7-8,10,12,16-18,20,26H,9,11,13-15,32H2,1-6H3,(H,33,39)(H,34,40)/t17-,18-,20-,26-/m0/s1. The van der Waals surface area contributed by atoms with E-state index in [-0.39, 0.29) is 36.3 Å². The first-order chi connectivity index (χ1) is 21.2. The maximum absolute atomic E-state index is 13.8. The van der Waals surface area contributed by atoms with Crippen LogP contribution in [0, 0.1) is 5.92 Å². The van der Waals surface area contributed by atoms with Gasteiger partial charge in [-0.05, 0) is 38.7 Å². The van der Waals surface area contributed by atoms with Crippen LogP contribution in [-0.2, 0) is 38.4 Å². The van der Waals surface area contributed by atoms with Crippen LogP contribution in [0.4, 0.5) is 0 Å². The van der Waals surface area contributed by atoms with E-state index in [1.54, 1.807) is 26.0 Å². The molecule has 4 atom stereocenters. The van der Waals surface area contributed by atoms with E-state index >= 15 is 0 Å². The summed E-state index contributed by atoms with van der Waals surface area (Å²) in [5.74, 6) is -4.89. The molecular weight excluding hydrogens is 586 g/mol. The Bertz CT molecular complexity index is 1400. The van der Waals surface area contributed by atoms with E-state index in [0.29, 0.717) is 12.8 Å². The minimum absolute atomic E-state index is 0.103. The Labute approximate surface area is 261 Å². The maximum Gasteiger partial charge on any atom is 0.264 e. The van der Waals surface area contributed by atoms with Gasteiger partial charge in [-0.25, -0.2) is 0 Å². The van der Waals surface area contributed by atoms with Crippen molar-refractivity contribution in [2.24, 2.45) is 11.7 Å². The third-order valence-electron chi connectivity index (χ3n) is 7.78. The number of likely N-dealkylation sites (N-methyl/N-ethyl adjacent to an activating group) is 1. The van der Waals surface area contributed by atoms with Crippen LogP contribution in [0.1, 0.15) is 58.9 Å². The van der Waals surface area contributed by atoms with Gasteiger partial charge >= 0.3 is 0 Å². The van der Waals surface area contributed by atoms with Gasteiger partial charge < -0.3 is 26.2 Å². The van der Waals surface area contributed by atoms with Gasteiger partial charge in [0, 0.05) is 37.6 Å². The fraction of sp³-hybridized carbons (Fsp3) is 0.516. The number of nitrogens with two attached hydrogens (primary N) is 1. The van der Waals surface area contributed by atoms with Gasteiger partial charge in [0.1, 0.15) is 18.1 Å². The molecule has 1 fully saturated rings. The summed E-state index contributed by atoms with van der Waals surface area (Å²) in [5.41, 5.74) is 5.10. The van der Waals surface area contributed by atoms with Gasteiger partial charge in [0.2, 0.25) is 17.7 Å². The van der Waals surface area contributed by atoms with Gasteiger partial charge in [0.15, 0.2) is 17.3 Å². The van der Waals surface area contributed by atoms with Gasteiger partial charge in [0.25, 0.3) is 11.8 Å². The molecule has 0 aromatic heterocycles. The number of amides is 5. The molecular formula is C31H41N5O9. The topological polar surface area (TPSA) is 195 Å². The summed E-state index contributed by atoms with van der Waals surface area (Å²) in [7, 11) is 2.44. The lowest BCUT2D eigenvalue weighted by molar-refractivity contribution is -0.178. The molecule has 0 radical (unpaired) electrons. The van der Waals surface area contributed by atoms with Gasteiger partial charge in [-0.15, -0.1) is 0 Å². The minimum atomic E-state index is -1.21. The Kier molecular flexibility index (Phi) is 11.7. The predicted molar refractivity (Wildman–Crippen MR) is 161 cm³/mol. The van der Waals surface area contributed by atoms with Crippen molar-refractivity contribution in [3.8, 4) is 5.75 Å². The number of hydrogen-bond donors (Lipinski definition) is 3. The Morgan fingerprint density at radius 1 is 1.00 bits per heavy atom. The van der Waals surface area contributed by atoms with Crippen molar-refractivity contribution in [1.29, 1.82) is 0 Å². The number of carbonyl (C=O) groups excluding carboxylic acids is 7. The van der Waals surface area contributed by atoms with E-state index in [2.05, 4.69) is 10.6 Å². The first kappa shape index (κ1) is 35.1. The highest BCUT2D eigenvalue weighted by atomic mass is 17.2. The number of allylic oxidation sites excluding steroid dienone is 1. The Morgan fingerprint density at radius 3 is 2.27 bits per heavy atom. The number of para-hydroxylation sites is 1. The van der Waals surface area contributed by atoms with Gasteiger partial charge in [0.05, 0.1) is 18.7 Å². The summed E-state index contributed by atoms with van der Waals surface area (Å²) in [6.45, 7) is 6.59. The molecule has 244 valence electrons. The first-order valence-corrected chi connectivity index (χ1v) is 14.8. The van der Waals surface area contributed by atoms with Gasteiger partial charge in [-0.3, -0.25) is 38.5 Å². The van der Waals surface area contributed by atoms with Crippen molar-refractivity contribution in [2.75, 3.05) is 20.7 Å². The quantitative estimate of drug-likeness (QED) is 0.174. The Balaban J connectivity index is 1.86. The highest BCUT2D eigenvalue weighted by Gasteiger charge is 2.41. The number of ketones is 2. The van der Waals surface area contributed by atoms with Gasteiger partial charge in [-0.2, -0.15) is 4.89 Å². The van der Waals surface area contributed by atoms with Crippen molar-refractivity contribution in [2.45, 2.75) is 77.5 Å². The smallest absolute Gasteiger partial charge is 0.264 e. The molecule has 4 N–H and O–H groups in total. The maximum atomic E-state index is 13.8. The van der Waals surface area contributed by atoms with Crippen molar-refractivity contribution < 1.29 is 43.3 Å². The average Bonchev–Trinajstić information content (AvgIpc) is 3.50. The van der Waals surface area contributed by atoms with Crippen molar-refractivity contribution >= 4 is 46.7 Å². The lowest BCUT2D eigenvalue weighted by atomic mass is 9.84. The molecule has 14 heteroatoms. The molecule has 1 aliphatic carbocycles. The molecule has 0 spiro atoms. The zero-order valence-corrected chi connectivity index (χ0v) is 26.4. The number of likely N-dealkylation sites (tertiary alicyclic amines) is 1. The summed E-state index contributed by atoms with van der Waals surface area (Å²) >= 11 is 0. The van der Waals surface area contributed by atoms with Crippen molar-refractivity contribution in [1.82, 2.24) is 20.4 Å².